The van der Waals surface area contributed by atoms with Crippen LogP contribution in [0.4, 0.5) is 19.0 Å². The number of nitrogens with one attached hydrogen (secondary N) is 2. The normalized spacial score (nSPS) is 12.3. The Bertz CT molecular complexity index is 1140. The number of alkyl halides is 3. The quantitative estimate of drug-likeness (QED) is 0.566. The minimum absolute atomic E-state index is 0.134. The number of rotatable bonds is 5. The van der Waals surface area contributed by atoms with Crippen LogP contribution in [0.2, 0.25) is 5.02 Å². The van der Waals surface area contributed by atoms with E-state index in [2.05, 4.69) is 25.6 Å². The molecular weight excluding hydrogens is 455 g/mol. The molecule has 0 aliphatic heterocycles. The van der Waals surface area contributed by atoms with Crippen molar-refractivity contribution in [1.82, 2.24) is 20.3 Å². The number of hydrogen-bond acceptors (Lipinski definition) is 6. The molecule has 12 heteroatoms. The monoisotopic (exact) mass is 469 g/mol. The van der Waals surface area contributed by atoms with Crippen LogP contribution in [-0.4, -0.2) is 26.8 Å². The van der Waals surface area contributed by atoms with Gasteiger partial charge in [-0.15, -0.1) is 11.3 Å². The van der Waals surface area contributed by atoms with Crippen LogP contribution in [-0.2, 0) is 6.18 Å². The molecule has 0 unspecified atom stereocenters. The van der Waals surface area contributed by atoms with E-state index in [4.69, 9.17) is 11.6 Å². The molecule has 0 radical (unpaired) electrons. The molecule has 3 rings (SSSR count). The lowest BCUT2D eigenvalue weighted by molar-refractivity contribution is -0.137. The molecule has 0 saturated carbocycles. The zero-order valence-corrected chi connectivity index (χ0v) is 17.7. The number of carbonyl (C=O) groups excluding carboxylic acids is 2. The van der Waals surface area contributed by atoms with E-state index in [1.807, 2.05) is 0 Å². The molecule has 0 fully saturated rings. The average molecular weight is 470 g/mol. The molecule has 2 amide bonds. The Morgan fingerprint density at radius 2 is 1.90 bits per heavy atom. The van der Waals surface area contributed by atoms with Gasteiger partial charge in [0.05, 0.1) is 22.8 Å². The highest BCUT2D eigenvalue weighted by Gasteiger charge is 2.34. The highest BCUT2D eigenvalue weighted by Crippen LogP contribution is 2.35. The first-order valence-electron chi connectivity index (χ1n) is 8.79. The van der Waals surface area contributed by atoms with E-state index in [0.29, 0.717) is 16.8 Å². The van der Waals surface area contributed by atoms with Gasteiger partial charge in [0.2, 0.25) is 0 Å². The Hall–Kier alpha value is -3.05. The summed E-state index contributed by atoms with van der Waals surface area (Å²) in [5.74, 6) is -1.39. The van der Waals surface area contributed by atoms with Crippen LogP contribution in [0.25, 0.3) is 0 Å². The number of thiazole rings is 1. The zero-order valence-electron chi connectivity index (χ0n) is 16.1. The summed E-state index contributed by atoms with van der Waals surface area (Å²) in [7, 11) is 0. The first kappa shape index (κ1) is 22.6. The maximum absolute atomic E-state index is 13.0. The molecule has 31 heavy (non-hydrogen) atoms. The molecule has 1 atom stereocenters. The van der Waals surface area contributed by atoms with Crippen molar-refractivity contribution >= 4 is 40.6 Å². The molecule has 2 N–H and O–H groups in total. The Labute approximate surface area is 183 Å². The van der Waals surface area contributed by atoms with Gasteiger partial charge in [-0.1, -0.05) is 17.7 Å². The molecular formula is C19H15ClF3N5O2S. The third kappa shape index (κ3) is 5.56. The van der Waals surface area contributed by atoms with Crippen molar-refractivity contribution in [1.29, 1.82) is 0 Å². The second kappa shape index (κ2) is 8.98. The molecule has 0 bridgehead atoms. The molecule has 0 aliphatic rings. The van der Waals surface area contributed by atoms with Crippen molar-refractivity contribution < 1.29 is 22.8 Å². The summed E-state index contributed by atoms with van der Waals surface area (Å²) in [6, 6.07) is 5.18. The molecule has 0 aliphatic carbocycles. The number of carbonyl (C=O) groups is 2. The van der Waals surface area contributed by atoms with Crippen molar-refractivity contribution in [3.8, 4) is 0 Å². The maximum atomic E-state index is 13.0. The number of nitrogens with zero attached hydrogens (tertiary/aromatic N) is 3. The van der Waals surface area contributed by atoms with E-state index in [-0.39, 0.29) is 16.4 Å². The van der Waals surface area contributed by atoms with E-state index in [1.165, 1.54) is 6.20 Å². The summed E-state index contributed by atoms with van der Waals surface area (Å²) in [4.78, 5) is 36.8. The van der Waals surface area contributed by atoms with Crippen molar-refractivity contribution in [2.45, 2.75) is 26.1 Å². The highest BCUT2D eigenvalue weighted by molar-refractivity contribution is 7.13. The predicted octanol–water partition coefficient (Wildman–Crippen LogP) is 4.66. The van der Waals surface area contributed by atoms with Crippen LogP contribution in [0, 0.1) is 6.92 Å². The third-order valence-electron chi connectivity index (χ3n) is 3.99. The number of amides is 2. The number of hydrogen-bond donors (Lipinski definition) is 2. The summed E-state index contributed by atoms with van der Waals surface area (Å²) in [6.07, 6.45) is -2.60. The van der Waals surface area contributed by atoms with Gasteiger partial charge in [0.25, 0.3) is 11.8 Å². The fourth-order valence-electron chi connectivity index (χ4n) is 2.50. The van der Waals surface area contributed by atoms with Crippen molar-refractivity contribution in [2.75, 3.05) is 5.32 Å². The van der Waals surface area contributed by atoms with E-state index in [0.717, 1.165) is 17.5 Å². The Balaban J connectivity index is 1.69. The Morgan fingerprint density at radius 3 is 2.58 bits per heavy atom. The maximum Gasteiger partial charge on any atom is 0.418 e. The van der Waals surface area contributed by atoms with E-state index >= 15 is 0 Å². The summed E-state index contributed by atoms with van der Waals surface area (Å²) < 4.78 is 38.9. The molecule has 3 heterocycles. The van der Waals surface area contributed by atoms with Crippen LogP contribution in [0.15, 0.2) is 36.7 Å². The predicted molar refractivity (Wildman–Crippen MR) is 109 cm³/mol. The van der Waals surface area contributed by atoms with E-state index in [1.54, 1.807) is 32.0 Å². The lowest BCUT2D eigenvalue weighted by Gasteiger charge is -2.11. The van der Waals surface area contributed by atoms with Gasteiger partial charge in [-0.05, 0) is 32.0 Å². The number of pyridine rings is 2. The van der Waals surface area contributed by atoms with Crippen LogP contribution in [0.1, 0.15) is 49.4 Å². The van der Waals surface area contributed by atoms with Crippen molar-refractivity contribution in [3.63, 3.8) is 0 Å². The summed E-state index contributed by atoms with van der Waals surface area (Å²) in [5, 5.41) is 4.89. The van der Waals surface area contributed by atoms with Gasteiger partial charge >= 0.3 is 6.18 Å². The number of halogens is 4. The third-order valence-corrected chi connectivity index (χ3v) is 5.47. The van der Waals surface area contributed by atoms with Crippen LogP contribution < -0.4 is 10.6 Å². The second-order valence-corrected chi connectivity index (χ2v) is 7.89. The van der Waals surface area contributed by atoms with Gasteiger partial charge in [0.1, 0.15) is 21.4 Å². The molecule has 0 spiro atoms. The Kier molecular flexibility index (Phi) is 6.56. The van der Waals surface area contributed by atoms with Crippen LogP contribution >= 0.6 is 22.9 Å². The van der Waals surface area contributed by atoms with Gasteiger partial charge < -0.3 is 10.6 Å². The lowest BCUT2D eigenvalue weighted by atomic mass is 10.2. The molecule has 162 valence electrons. The summed E-state index contributed by atoms with van der Waals surface area (Å²) >= 11 is 6.51. The highest BCUT2D eigenvalue weighted by atomic mass is 35.5. The first-order valence-corrected chi connectivity index (χ1v) is 9.98. The van der Waals surface area contributed by atoms with Gasteiger partial charge in [0.15, 0.2) is 0 Å². The number of anilines is 1. The SMILES string of the molecule is Cc1cccc(C(=O)N[C@H](C)c2ncc(C(=O)Nc3cc(C(F)(F)F)c(Cl)cn3)s2)n1. The number of aryl methyl sites for hydroxylation is 1. The lowest BCUT2D eigenvalue weighted by Crippen LogP contribution is -2.27. The fraction of sp³-hybridized carbons (Fsp3) is 0.211. The van der Waals surface area contributed by atoms with Crippen molar-refractivity contribution in [2.24, 2.45) is 0 Å². The minimum atomic E-state index is -4.68. The van der Waals surface area contributed by atoms with Gasteiger partial charge in [-0.2, -0.15) is 13.2 Å². The second-order valence-electron chi connectivity index (χ2n) is 6.42. The van der Waals surface area contributed by atoms with Gasteiger partial charge in [0, 0.05) is 11.9 Å². The smallest absolute Gasteiger partial charge is 0.342 e. The first-order chi connectivity index (χ1) is 14.5. The van der Waals surface area contributed by atoms with Crippen LogP contribution in [0.5, 0.6) is 0 Å². The molecule has 7 nitrogen and oxygen atoms in total. The van der Waals surface area contributed by atoms with Gasteiger partial charge in [-0.25, -0.2) is 15.0 Å². The molecule has 0 aromatic carbocycles. The fourth-order valence-corrected chi connectivity index (χ4v) is 3.52. The largest absolute Gasteiger partial charge is 0.418 e. The number of aromatic nitrogens is 3. The van der Waals surface area contributed by atoms with Crippen LogP contribution in [0.3, 0.4) is 0 Å². The summed E-state index contributed by atoms with van der Waals surface area (Å²) in [6.45, 7) is 3.45. The van der Waals surface area contributed by atoms with Crippen molar-refractivity contribution in [3.05, 3.63) is 68.5 Å². The molecule has 0 saturated heterocycles. The summed E-state index contributed by atoms with van der Waals surface area (Å²) in [5.41, 5.74) is -0.167. The van der Waals surface area contributed by atoms with E-state index < -0.39 is 34.6 Å². The Morgan fingerprint density at radius 1 is 1.16 bits per heavy atom. The molecule has 3 aromatic heterocycles. The van der Waals surface area contributed by atoms with E-state index in [9.17, 15) is 22.8 Å². The average Bonchev–Trinajstić information content (AvgIpc) is 3.19. The topological polar surface area (TPSA) is 96.9 Å². The van der Waals surface area contributed by atoms with Gasteiger partial charge in [-0.3, -0.25) is 9.59 Å². The minimum Gasteiger partial charge on any atom is -0.342 e. The zero-order chi connectivity index (χ0) is 22.8. The molecule has 3 aromatic rings. The standard InChI is InChI=1S/C19H15ClF3N5O2S/c1-9-4-3-5-13(26-9)16(29)27-10(2)18-25-8-14(31-18)17(30)28-15-6-11(19(21,22)23)12(20)7-24-15/h3-8,10H,1-2H3,(H,27,29)(H,24,28,30)/t10-/m1/s1.